The molecule has 3 heteroatoms. The fraction of sp³-hybridized carbons (Fsp3) is 0.533. The van der Waals surface area contributed by atoms with Crippen molar-refractivity contribution >= 4 is 5.97 Å². The summed E-state index contributed by atoms with van der Waals surface area (Å²) in [7, 11) is 0. The Morgan fingerprint density at radius 1 is 1.22 bits per heavy atom. The molecule has 0 saturated carbocycles. The fourth-order valence-corrected chi connectivity index (χ4v) is 1.87. The van der Waals surface area contributed by atoms with E-state index >= 15 is 0 Å². The minimum absolute atomic E-state index is 0.200. The maximum absolute atomic E-state index is 10.6. The van der Waals surface area contributed by atoms with Crippen LogP contribution in [0.1, 0.15) is 38.3 Å². The average Bonchev–Trinajstić information content (AvgIpc) is 2.34. The maximum Gasteiger partial charge on any atom is 0.304 e. The lowest BCUT2D eigenvalue weighted by atomic mass is 10.1. The molecule has 0 spiro atoms. The SMILES string of the molecule is CCc1ccc(CN(CCC(=O)O)C(C)C)cc1. The molecule has 0 aromatic heterocycles. The summed E-state index contributed by atoms with van der Waals surface area (Å²) in [6, 6.07) is 8.91. The Morgan fingerprint density at radius 3 is 2.22 bits per heavy atom. The molecule has 1 aromatic rings. The van der Waals surface area contributed by atoms with E-state index in [1.165, 1.54) is 11.1 Å². The first-order valence-electron chi connectivity index (χ1n) is 6.56. The van der Waals surface area contributed by atoms with Crippen molar-refractivity contribution in [2.45, 2.75) is 46.2 Å². The Morgan fingerprint density at radius 2 is 1.78 bits per heavy atom. The van der Waals surface area contributed by atoms with Gasteiger partial charge in [0.25, 0.3) is 0 Å². The van der Waals surface area contributed by atoms with Crippen LogP contribution in [0.4, 0.5) is 0 Å². The minimum atomic E-state index is -0.734. The van der Waals surface area contributed by atoms with Crippen LogP contribution in [0.2, 0.25) is 0 Å². The zero-order valence-corrected chi connectivity index (χ0v) is 11.5. The van der Waals surface area contributed by atoms with E-state index in [1.54, 1.807) is 0 Å². The third-order valence-electron chi connectivity index (χ3n) is 3.16. The van der Waals surface area contributed by atoms with Crippen molar-refractivity contribution in [3.8, 4) is 0 Å². The van der Waals surface area contributed by atoms with Crippen molar-refractivity contribution in [2.24, 2.45) is 0 Å². The molecule has 1 rings (SSSR count). The van der Waals surface area contributed by atoms with E-state index in [4.69, 9.17) is 5.11 Å². The molecule has 0 aliphatic rings. The molecular weight excluding hydrogens is 226 g/mol. The quantitative estimate of drug-likeness (QED) is 0.807. The second-order valence-corrected chi connectivity index (χ2v) is 4.88. The predicted octanol–water partition coefficient (Wildman–Crippen LogP) is 2.93. The number of rotatable bonds is 7. The molecule has 100 valence electrons. The van der Waals surface area contributed by atoms with Crippen molar-refractivity contribution in [3.05, 3.63) is 35.4 Å². The zero-order chi connectivity index (χ0) is 13.5. The van der Waals surface area contributed by atoms with Crippen LogP contribution < -0.4 is 0 Å². The molecule has 1 N–H and O–H groups in total. The van der Waals surface area contributed by atoms with Gasteiger partial charge in [-0.15, -0.1) is 0 Å². The van der Waals surface area contributed by atoms with E-state index < -0.39 is 5.97 Å². The van der Waals surface area contributed by atoms with E-state index in [0.29, 0.717) is 12.6 Å². The van der Waals surface area contributed by atoms with E-state index in [0.717, 1.165) is 13.0 Å². The van der Waals surface area contributed by atoms with Crippen molar-refractivity contribution in [3.63, 3.8) is 0 Å². The Kier molecular flexibility index (Phi) is 5.86. The maximum atomic E-state index is 10.6. The molecule has 3 nitrogen and oxygen atoms in total. The van der Waals surface area contributed by atoms with Gasteiger partial charge in [0.15, 0.2) is 0 Å². The smallest absolute Gasteiger partial charge is 0.304 e. The first-order chi connectivity index (χ1) is 8.52. The molecule has 18 heavy (non-hydrogen) atoms. The Bertz CT molecular complexity index is 371. The molecule has 0 unspecified atom stereocenters. The van der Waals surface area contributed by atoms with Crippen LogP contribution in [-0.4, -0.2) is 28.6 Å². The van der Waals surface area contributed by atoms with Gasteiger partial charge in [0.05, 0.1) is 6.42 Å². The largest absolute Gasteiger partial charge is 0.481 e. The first-order valence-corrected chi connectivity index (χ1v) is 6.56. The molecule has 0 aliphatic heterocycles. The van der Waals surface area contributed by atoms with Crippen LogP contribution in [-0.2, 0) is 17.8 Å². The average molecular weight is 249 g/mol. The summed E-state index contributed by atoms with van der Waals surface area (Å²) in [6.45, 7) is 7.75. The lowest BCUT2D eigenvalue weighted by Crippen LogP contribution is -2.32. The lowest BCUT2D eigenvalue weighted by molar-refractivity contribution is -0.137. The van der Waals surface area contributed by atoms with Crippen molar-refractivity contribution in [2.75, 3.05) is 6.54 Å². The number of aliphatic carboxylic acids is 1. The van der Waals surface area contributed by atoms with Gasteiger partial charge in [0.2, 0.25) is 0 Å². The molecule has 0 atom stereocenters. The van der Waals surface area contributed by atoms with Crippen LogP contribution in [0.5, 0.6) is 0 Å². The van der Waals surface area contributed by atoms with Gasteiger partial charge in [-0.2, -0.15) is 0 Å². The van der Waals surface area contributed by atoms with Crippen molar-refractivity contribution in [1.29, 1.82) is 0 Å². The van der Waals surface area contributed by atoms with E-state index in [9.17, 15) is 4.79 Å². The number of carboxylic acid groups (broad SMARTS) is 1. The normalized spacial score (nSPS) is 11.2. The fourth-order valence-electron chi connectivity index (χ4n) is 1.87. The van der Waals surface area contributed by atoms with Gasteiger partial charge in [0.1, 0.15) is 0 Å². The van der Waals surface area contributed by atoms with E-state index in [2.05, 4.69) is 49.9 Å². The number of benzene rings is 1. The molecule has 0 heterocycles. The summed E-state index contributed by atoms with van der Waals surface area (Å²) < 4.78 is 0. The zero-order valence-electron chi connectivity index (χ0n) is 11.5. The molecule has 1 aromatic carbocycles. The highest BCUT2D eigenvalue weighted by molar-refractivity contribution is 5.66. The number of aryl methyl sites for hydroxylation is 1. The Hall–Kier alpha value is -1.35. The highest BCUT2D eigenvalue weighted by Crippen LogP contribution is 2.11. The van der Waals surface area contributed by atoms with Gasteiger partial charge >= 0.3 is 5.97 Å². The van der Waals surface area contributed by atoms with Crippen molar-refractivity contribution in [1.82, 2.24) is 4.90 Å². The lowest BCUT2D eigenvalue weighted by Gasteiger charge is -2.25. The second-order valence-electron chi connectivity index (χ2n) is 4.88. The summed E-state index contributed by atoms with van der Waals surface area (Å²) in [5.41, 5.74) is 2.58. The van der Waals surface area contributed by atoms with E-state index in [1.807, 2.05) is 0 Å². The van der Waals surface area contributed by atoms with Gasteiger partial charge in [-0.05, 0) is 31.4 Å². The topological polar surface area (TPSA) is 40.5 Å². The second kappa shape index (κ2) is 7.17. The standard InChI is InChI=1S/C15H23NO2/c1-4-13-5-7-14(8-6-13)11-16(12(2)3)10-9-15(17)18/h5-8,12H,4,9-11H2,1-3H3,(H,17,18). The van der Waals surface area contributed by atoms with Gasteiger partial charge in [-0.3, -0.25) is 9.69 Å². The summed E-state index contributed by atoms with van der Waals surface area (Å²) in [5, 5.41) is 8.75. The Balaban J connectivity index is 2.61. The minimum Gasteiger partial charge on any atom is -0.481 e. The van der Waals surface area contributed by atoms with Crippen LogP contribution >= 0.6 is 0 Å². The summed E-state index contributed by atoms with van der Waals surface area (Å²) in [6.07, 6.45) is 1.25. The number of carbonyl (C=O) groups is 1. The van der Waals surface area contributed by atoms with Crippen LogP contribution in [0.15, 0.2) is 24.3 Å². The highest BCUT2D eigenvalue weighted by Gasteiger charge is 2.11. The summed E-state index contributed by atoms with van der Waals surface area (Å²) in [5.74, 6) is -0.734. The molecule has 0 radical (unpaired) electrons. The van der Waals surface area contributed by atoms with Crippen LogP contribution in [0.25, 0.3) is 0 Å². The van der Waals surface area contributed by atoms with Crippen LogP contribution in [0.3, 0.4) is 0 Å². The molecule has 0 bridgehead atoms. The number of hydrogen-bond acceptors (Lipinski definition) is 2. The van der Waals surface area contributed by atoms with Crippen molar-refractivity contribution < 1.29 is 9.90 Å². The van der Waals surface area contributed by atoms with Crippen LogP contribution in [0, 0.1) is 0 Å². The number of carboxylic acids is 1. The molecule has 0 amide bonds. The summed E-state index contributed by atoms with van der Waals surface area (Å²) >= 11 is 0. The van der Waals surface area contributed by atoms with E-state index in [-0.39, 0.29) is 6.42 Å². The molecule has 0 aliphatic carbocycles. The Labute approximate surface area is 109 Å². The third-order valence-corrected chi connectivity index (χ3v) is 3.16. The van der Waals surface area contributed by atoms with Gasteiger partial charge in [-0.1, -0.05) is 31.2 Å². The summed E-state index contributed by atoms with van der Waals surface area (Å²) in [4.78, 5) is 12.8. The third kappa shape index (κ3) is 4.88. The van der Waals surface area contributed by atoms with Gasteiger partial charge in [-0.25, -0.2) is 0 Å². The molecule has 0 saturated heterocycles. The first kappa shape index (κ1) is 14.7. The highest BCUT2D eigenvalue weighted by atomic mass is 16.4. The predicted molar refractivity (Wildman–Crippen MR) is 73.6 cm³/mol. The molecule has 0 fully saturated rings. The van der Waals surface area contributed by atoms with Gasteiger partial charge in [0, 0.05) is 19.1 Å². The van der Waals surface area contributed by atoms with Gasteiger partial charge < -0.3 is 5.11 Å². The number of nitrogens with zero attached hydrogens (tertiary/aromatic N) is 1. The molecular formula is C15H23NO2. The number of hydrogen-bond donors (Lipinski definition) is 1. The monoisotopic (exact) mass is 249 g/mol.